The molecular formula is C18H21Cl2NO3P+. The van der Waals surface area contributed by atoms with Crippen molar-refractivity contribution in [3.8, 4) is 0 Å². The Morgan fingerprint density at radius 2 is 1.68 bits per heavy atom. The topological polar surface area (TPSA) is 69.6 Å². The van der Waals surface area contributed by atoms with E-state index >= 15 is 0 Å². The standard InChI is InChI=1S/C18H21Cl2NO3P/c1-13-2-4-14(5-3-13)11-25(23,24)12-16(22)10-21-9-15-6-7-17(19)18(20)8-15/h2-8,21,23-24H,9-12H2,1H3/q+1. The molecule has 0 unspecified atom stereocenters. The van der Waals surface area contributed by atoms with Crippen LogP contribution in [0.5, 0.6) is 0 Å². The number of ketones is 1. The molecule has 0 aliphatic carbocycles. The van der Waals surface area contributed by atoms with Crippen molar-refractivity contribution in [3.05, 3.63) is 69.2 Å². The first-order chi connectivity index (χ1) is 11.7. The Labute approximate surface area is 158 Å². The van der Waals surface area contributed by atoms with E-state index in [9.17, 15) is 14.6 Å². The van der Waals surface area contributed by atoms with E-state index in [0.29, 0.717) is 16.6 Å². The first-order valence-electron chi connectivity index (χ1n) is 7.80. The minimum absolute atomic E-state index is 0.0665. The lowest BCUT2D eigenvalue weighted by atomic mass is 10.2. The van der Waals surface area contributed by atoms with Gasteiger partial charge in [0.2, 0.25) is 0 Å². The van der Waals surface area contributed by atoms with Gasteiger partial charge in [-0.05, 0) is 30.2 Å². The molecule has 2 aromatic carbocycles. The first-order valence-corrected chi connectivity index (χ1v) is 10.6. The highest BCUT2D eigenvalue weighted by Gasteiger charge is 2.36. The highest BCUT2D eigenvalue weighted by molar-refractivity contribution is 7.64. The number of halogens is 2. The van der Waals surface area contributed by atoms with Crippen molar-refractivity contribution in [2.75, 3.05) is 12.7 Å². The van der Waals surface area contributed by atoms with E-state index in [1.165, 1.54) is 0 Å². The lowest BCUT2D eigenvalue weighted by molar-refractivity contribution is -0.116. The van der Waals surface area contributed by atoms with E-state index in [0.717, 1.165) is 16.7 Å². The number of benzene rings is 2. The van der Waals surface area contributed by atoms with E-state index < -0.39 is 7.72 Å². The quantitative estimate of drug-likeness (QED) is 0.585. The summed E-state index contributed by atoms with van der Waals surface area (Å²) in [5, 5.41) is 3.93. The van der Waals surface area contributed by atoms with Crippen LogP contribution in [0.1, 0.15) is 16.7 Å². The van der Waals surface area contributed by atoms with Gasteiger partial charge >= 0.3 is 0 Å². The molecule has 7 heteroatoms. The molecule has 2 rings (SSSR count). The molecule has 134 valence electrons. The molecule has 2 aromatic rings. The summed E-state index contributed by atoms with van der Waals surface area (Å²) in [5.74, 6) is -0.231. The Morgan fingerprint density at radius 3 is 2.32 bits per heavy atom. The van der Waals surface area contributed by atoms with Crippen LogP contribution in [0.15, 0.2) is 42.5 Å². The van der Waals surface area contributed by atoms with Crippen molar-refractivity contribution in [3.63, 3.8) is 0 Å². The van der Waals surface area contributed by atoms with Crippen LogP contribution in [-0.4, -0.2) is 28.3 Å². The number of carbonyl (C=O) groups is 1. The van der Waals surface area contributed by atoms with Crippen LogP contribution in [0, 0.1) is 6.92 Å². The zero-order valence-electron chi connectivity index (χ0n) is 13.9. The minimum Gasteiger partial charge on any atom is -0.306 e. The molecule has 0 aliphatic rings. The summed E-state index contributed by atoms with van der Waals surface area (Å²) in [4.78, 5) is 32.4. The second kappa shape index (κ2) is 9.09. The number of nitrogens with one attached hydrogen (secondary N) is 1. The fourth-order valence-electron chi connectivity index (χ4n) is 2.38. The Morgan fingerprint density at radius 1 is 1.04 bits per heavy atom. The number of aryl methyl sites for hydroxylation is 1. The fraction of sp³-hybridized carbons (Fsp3) is 0.278. The van der Waals surface area contributed by atoms with Gasteiger partial charge in [0.05, 0.1) is 16.6 Å². The Kier molecular flexibility index (Phi) is 7.38. The van der Waals surface area contributed by atoms with Crippen LogP contribution < -0.4 is 5.32 Å². The Bertz CT molecular complexity index is 736. The van der Waals surface area contributed by atoms with Crippen molar-refractivity contribution in [2.24, 2.45) is 0 Å². The van der Waals surface area contributed by atoms with Gasteiger partial charge in [-0.3, -0.25) is 4.79 Å². The average Bonchev–Trinajstić information content (AvgIpc) is 2.52. The van der Waals surface area contributed by atoms with Crippen LogP contribution in [-0.2, 0) is 17.5 Å². The average molecular weight is 401 g/mol. The molecule has 0 bridgehead atoms. The zero-order chi connectivity index (χ0) is 18.4. The second-order valence-electron chi connectivity index (χ2n) is 6.07. The molecule has 0 saturated carbocycles. The van der Waals surface area contributed by atoms with Gasteiger partial charge in [-0.2, -0.15) is 0 Å². The summed E-state index contributed by atoms with van der Waals surface area (Å²) in [6.07, 6.45) is -0.110. The minimum atomic E-state index is -3.29. The highest BCUT2D eigenvalue weighted by atomic mass is 35.5. The number of rotatable bonds is 8. The number of hydrogen-bond acceptors (Lipinski definition) is 4. The van der Waals surface area contributed by atoms with Gasteiger partial charge in [0.1, 0.15) is 6.16 Å². The van der Waals surface area contributed by atoms with E-state index in [1.54, 1.807) is 12.1 Å². The smallest absolute Gasteiger partial charge is 0.279 e. The van der Waals surface area contributed by atoms with Crippen LogP contribution in [0.2, 0.25) is 10.0 Å². The zero-order valence-corrected chi connectivity index (χ0v) is 16.3. The van der Waals surface area contributed by atoms with Crippen LogP contribution in [0.3, 0.4) is 0 Å². The van der Waals surface area contributed by atoms with Crippen molar-refractivity contribution >= 4 is 36.7 Å². The maximum atomic E-state index is 12.0. The summed E-state index contributed by atoms with van der Waals surface area (Å²) in [6, 6.07) is 12.8. The summed E-state index contributed by atoms with van der Waals surface area (Å²) in [5.41, 5.74) is 2.82. The Balaban J connectivity index is 1.80. The molecule has 0 saturated heterocycles. The molecule has 4 nitrogen and oxygen atoms in total. The predicted octanol–water partition coefficient (Wildman–Crippen LogP) is 3.99. The third kappa shape index (κ3) is 7.02. The van der Waals surface area contributed by atoms with Crippen LogP contribution >= 0.6 is 30.9 Å². The normalized spacial score (nSPS) is 11.6. The van der Waals surface area contributed by atoms with Gasteiger partial charge in [0.25, 0.3) is 7.72 Å². The van der Waals surface area contributed by atoms with Crippen molar-refractivity contribution in [1.82, 2.24) is 5.32 Å². The molecule has 25 heavy (non-hydrogen) atoms. The maximum absolute atomic E-state index is 12.0. The van der Waals surface area contributed by atoms with Crippen LogP contribution in [0.25, 0.3) is 0 Å². The van der Waals surface area contributed by atoms with Crippen molar-refractivity contribution in [1.29, 1.82) is 0 Å². The SMILES string of the molecule is Cc1ccc(C[P+](O)(O)CC(=O)CNCc2ccc(Cl)c(Cl)c2)cc1. The van der Waals surface area contributed by atoms with E-state index in [2.05, 4.69) is 5.32 Å². The third-order valence-corrected chi connectivity index (χ3v) is 6.09. The molecule has 0 atom stereocenters. The molecule has 0 radical (unpaired) electrons. The van der Waals surface area contributed by atoms with Gasteiger partial charge in [-0.1, -0.05) is 59.1 Å². The van der Waals surface area contributed by atoms with E-state index in [-0.39, 0.29) is 24.7 Å². The number of Topliss-reactive ketones (excluding diaryl/α,β-unsaturated/α-hetero) is 1. The largest absolute Gasteiger partial charge is 0.306 e. The fourth-order valence-corrected chi connectivity index (χ4v) is 4.28. The monoisotopic (exact) mass is 400 g/mol. The molecule has 3 N–H and O–H groups in total. The lowest BCUT2D eigenvalue weighted by Gasteiger charge is -2.12. The summed E-state index contributed by atoms with van der Waals surface area (Å²) < 4.78 is 0. The predicted molar refractivity (Wildman–Crippen MR) is 104 cm³/mol. The van der Waals surface area contributed by atoms with Gasteiger partial charge in [-0.15, -0.1) is 0 Å². The van der Waals surface area contributed by atoms with Crippen LogP contribution in [0.4, 0.5) is 0 Å². The third-order valence-electron chi connectivity index (χ3n) is 3.62. The molecule has 0 amide bonds. The summed E-state index contributed by atoms with van der Waals surface area (Å²) >= 11 is 11.8. The highest BCUT2D eigenvalue weighted by Crippen LogP contribution is 2.52. The van der Waals surface area contributed by atoms with Crippen molar-refractivity contribution < 1.29 is 14.6 Å². The lowest BCUT2D eigenvalue weighted by Crippen LogP contribution is -2.26. The molecule has 0 aromatic heterocycles. The molecule has 0 fully saturated rings. The van der Waals surface area contributed by atoms with Gasteiger partial charge in [-0.25, -0.2) is 9.79 Å². The van der Waals surface area contributed by atoms with Crippen molar-refractivity contribution in [2.45, 2.75) is 19.6 Å². The first kappa shape index (κ1) is 20.3. The summed E-state index contributed by atoms with van der Waals surface area (Å²) in [6.45, 7) is 2.48. The molecule has 0 spiro atoms. The molecule has 0 heterocycles. The van der Waals surface area contributed by atoms with E-state index in [4.69, 9.17) is 23.2 Å². The second-order valence-corrected chi connectivity index (χ2v) is 9.28. The number of hydrogen-bond donors (Lipinski definition) is 3. The molecular weight excluding hydrogens is 380 g/mol. The van der Waals surface area contributed by atoms with Gasteiger partial charge in [0.15, 0.2) is 11.9 Å². The van der Waals surface area contributed by atoms with Gasteiger partial charge < -0.3 is 5.32 Å². The number of carbonyl (C=O) groups excluding carboxylic acids is 1. The molecule has 0 aliphatic heterocycles. The Hall–Kier alpha value is -1.00. The van der Waals surface area contributed by atoms with Gasteiger partial charge in [0, 0.05) is 6.54 Å². The summed E-state index contributed by atoms with van der Waals surface area (Å²) in [7, 11) is -3.29. The van der Waals surface area contributed by atoms with E-state index in [1.807, 2.05) is 37.3 Å². The maximum Gasteiger partial charge on any atom is 0.279 e.